The molecule has 5 nitrogen and oxygen atoms in total. The summed E-state index contributed by atoms with van der Waals surface area (Å²) in [6.07, 6.45) is 2.43. The highest BCUT2D eigenvalue weighted by Crippen LogP contribution is 2.08. The van der Waals surface area contributed by atoms with Crippen LogP contribution in [0.1, 0.15) is 32.3 Å². The van der Waals surface area contributed by atoms with Gasteiger partial charge in [0.15, 0.2) is 5.96 Å². The smallest absolute Gasteiger partial charge is 0.190 e. The largest absolute Gasteiger partial charge is 0.356 e. The Balaban J connectivity index is 1.52. The summed E-state index contributed by atoms with van der Waals surface area (Å²) in [5, 5.41) is 6.77. The molecule has 1 aliphatic rings. The first kappa shape index (κ1) is 20.7. The highest BCUT2D eigenvalue weighted by Gasteiger charge is 2.16. The van der Waals surface area contributed by atoms with E-state index in [9.17, 15) is 0 Å². The van der Waals surface area contributed by atoms with Gasteiger partial charge in [0.05, 0.1) is 0 Å². The fourth-order valence-electron chi connectivity index (χ4n) is 3.20. The fourth-order valence-corrected chi connectivity index (χ4v) is 3.20. The van der Waals surface area contributed by atoms with Crippen molar-refractivity contribution in [3.05, 3.63) is 35.9 Å². The lowest BCUT2D eigenvalue weighted by Gasteiger charge is -2.34. The van der Waals surface area contributed by atoms with Crippen molar-refractivity contribution in [2.24, 2.45) is 10.9 Å². The third-order valence-electron chi connectivity index (χ3n) is 4.81. The van der Waals surface area contributed by atoms with Crippen LogP contribution in [0.4, 0.5) is 0 Å². The molecule has 2 N–H and O–H groups in total. The molecule has 0 spiro atoms. The number of rotatable bonds is 9. The molecule has 5 heteroatoms. The number of piperazine rings is 1. The van der Waals surface area contributed by atoms with Crippen LogP contribution in [0.5, 0.6) is 0 Å². The third-order valence-corrected chi connectivity index (χ3v) is 4.81. The minimum Gasteiger partial charge on any atom is -0.356 e. The molecule has 0 saturated carbocycles. The number of hydrogen-bond donors (Lipinski definition) is 2. The molecule has 0 bridgehead atoms. The molecule has 1 aromatic rings. The predicted octanol–water partition coefficient (Wildman–Crippen LogP) is 2.41. The van der Waals surface area contributed by atoms with Crippen molar-refractivity contribution in [2.45, 2.75) is 33.2 Å². The summed E-state index contributed by atoms with van der Waals surface area (Å²) < 4.78 is 0. The van der Waals surface area contributed by atoms with Crippen molar-refractivity contribution >= 4 is 5.96 Å². The monoisotopic (exact) mass is 359 g/mol. The van der Waals surface area contributed by atoms with Crippen molar-refractivity contribution in [3.8, 4) is 0 Å². The van der Waals surface area contributed by atoms with Gasteiger partial charge in [-0.05, 0) is 30.9 Å². The summed E-state index contributed by atoms with van der Waals surface area (Å²) in [5.74, 6) is 1.56. The Bertz CT molecular complexity index is 506. The van der Waals surface area contributed by atoms with Gasteiger partial charge in [0, 0.05) is 52.9 Å². The summed E-state index contributed by atoms with van der Waals surface area (Å²) in [6, 6.07) is 10.8. The number of unbranched alkanes of at least 4 members (excludes halogenated alkanes) is 1. The van der Waals surface area contributed by atoms with Gasteiger partial charge < -0.3 is 15.5 Å². The molecule has 0 aromatic heterocycles. The molecule has 1 fully saturated rings. The average molecular weight is 360 g/mol. The number of nitrogens with one attached hydrogen (secondary N) is 2. The quantitative estimate of drug-likeness (QED) is 0.404. The van der Waals surface area contributed by atoms with Crippen LogP contribution >= 0.6 is 0 Å². The van der Waals surface area contributed by atoms with Crippen LogP contribution in [0, 0.1) is 5.92 Å². The minimum atomic E-state index is 0.633. The Morgan fingerprint density at radius 2 is 1.69 bits per heavy atom. The van der Waals surface area contributed by atoms with Crippen LogP contribution < -0.4 is 10.6 Å². The summed E-state index contributed by atoms with van der Waals surface area (Å²) in [7, 11) is 1.84. The summed E-state index contributed by atoms with van der Waals surface area (Å²) in [5.41, 5.74) is 1.42. The number of guanidine groups is 1. The van der Waals surface area contributed by atoms with Gasteiger partial charge in [0.25, 0.3) is 0 Å². The maximum atomic E-state index is 4.27. The normalized spacial score (nSPS) is 16.8. The molecule has 0 unspecified atom stereocenters. The Labute approximate surface area is 159 Å². The van der Waals surface area contributed by atoms with E-state index >= 15 is 0 Å². The van der Waals surface area contributed by atoms with Crippen molar-refractivity contribution in [1.82, 2.24) is 20.4 Å². The Morgan fingerprint density at radius 1 is 1.00 bits per heavy atom. The SMILES string of the molecule is CN=C(NCCCCN1CCN(Cc2ccccc2)CC1)NCC(C)C. The fraction of sp³-hybridized carbons (Fsp3) is 0.667. The standard InChI is InChI=1S/C21H37N5/c1-19(2)17-24-21(22-3)23-11-7-8-12-25-13-15-26(16-14-25)18-20-9-5-4-6-10-20/h4-6,9-10,19H,7-8,11-18H2,1-3H3,(H2,22,23,24). The van der Waals surface area contributed by atoms with Gasteiger partial charge in [-0.15, -0.1) is 0 Å². The number of aliphatic imine (C=N–C) groups is 1. The van der Waals surface area contributed by atoms with Crippen LogP contribution in [0.25, 0.3) is 0 Å². The van der Waals surface area contributed by atoms with Crippen LogP contribution in [0.2, 0.25) is 0 Å². The van der Waals surface area contributed by atoms with Gasteiger partial charge in [-0.3, -0.25) is 9.89 Å². The molecule has 0 atom stereocenters. The summed E-state index contributed by atoms with van der Waals surface area (Å²) in [6.45, 7) is 13.4. The first-order valence-corrected chi connectivity index (χ1v) is 10.1. The lowest BCUT2D eigenvalue weighted by atomic mass is 10.2. The summed E-state index contributed by atoms with van der Waals surface area (Å²) in [4.78, 5) is 9.44. The van der Waals surface area contributed by atoms with Gasteiger partial charge in [0.1, 0.15) is 0 Å². The van der Waals surface area contributed by atoms with Gasteiger partial charge in [-0.25, -0.2) is 0 Å². The molecule has 0 amide bonds. The van der Waals surface area contributed by atoms with Crippen molar-refractivity contribution in [3.63, 3.8) is 0 Å². The van der Waals surface area contributed by atoms with Crippen LogP contribution in [0.3, 0.4) is 0 Å². The van der Waals surface area contributed by atoms with Crippen molar-refractivity contribution in [1.29, 1.82) is 0 Å². The molecule has 1 heterocycles. The van der Waals surface area contributed by atoms with E-state index in [4.69, 9.17) is 0 Å². The van der Waals surface area contributed by atoms with Gasteiger partial charge in [0.2, 0.25) is 0 Å². The Morgan fingerprint density at radius 3 is 2.35 bits per heavy atom. The number of nitrogens with zero attached hydrogens (tertiary/aromatic N) is 3. The Kier molecular flexibility index (Phi) is 9.50. The number of benzene rings is 1. The topological polar surface area (TPSA) is 42.9 Å². The second-order valence-corrected chi connectivity index (χ2v) is 7.58. The second-order valence-electron chi connectivity index (χ2n) is 7.58. The van der Waals surface area contributed by atoms with Crippen LogP contribution in [0.15, 0.2) is 35.3 Å². The zero-order valence-electron chi connectivity index (χ0n) is 16.9. The first-order chi connectivity index (χ1) is 12.7. The zero-order chi connectivity index (χ0) is 18.6. The molecule has 1 aromatic carbocycles. The average Bonchev–Trinajstić information content (AvgIpc) is 2.66. The Hall–Kier alpha value is -1.59. The van der Waals surface area contributed by atoms with Crippen LogP contribution in [-0.2, 0) is 6.54 Å². The maximum absolute atomic E-state index is 4.27. The highest BCUT2D eigenvalue weighted by atomic mass is 15.3. The molecular formula is C21H37N5. The second kappa shape index (κ2) is 11.9. The zero-order valence-corrected chi connectivity index (χ0v) is 16.9. The molecule has 0 aliphatic carbocycles. The molecule has 1 aliphatic heterocycles. The lowest BCUT2D eigenvalue weighted by Crippen LogP contribution is -2.46. The first-order valence-electron chi connectivity index (χ1n) is 10.1. The maximum Gasteiger partial charge on any atom is 0.190 e. The van der Waals surface area contributed by atoms with E-state index in [1.807, 2.05) is 7.05 Å². The molecule has 0 radical (unpaired) electrons. The van der Waals surface area contributed by atoms with E-state index in [2.05, 4.69) is 69.6 Å². The van der Waals surface area contributed by atoms with Gasteiger partial charge in [-0.1, -0.05) is 44.2 Å². The molecular weight excluding hydrogens is 322 g/mol. The molecule has 26 heavy (non-hydrogen) atoms. The molecule has 2 rings (SSSR count). The lowest BCUT2D eigenvalue weighted by molar-refractivity contribution is 0.126. The minimum absolute atomic E-state index is 0.633. The van der Waals surface area contributed by atoms with E-state index in [-0.39, 0.29) is 0 Å². The third kappa shape index (κ3) is 8.19. The number of hydrogen-bond acceptors (Lipinski definition) is 3. The van der Waals surface area contributed by atoms with E-state index in [1.165, 1.54) is 51.1 Å². The van der Waals surface area contributed by atoms with Crippen molar-refractivity contribution < 1.29 is 0 Å². The molecule has 1 saturated heterocycles. The van der Waals surface area contributed by atoms with Gasteiger partial charge >= 0.3 is 0 Å². The predicted molar refractivity (Wildman–Crippen MR) is 112 cm³/mol. The molecule has 146 valence electrons. The highest BCUT2D eigenvalue weighted by molar-refractivity contribution is 5.79. The van der Waals surface area contributed by atoms with E-state index in [0.717, 1.165) is 25.6 Å². The van der Waals surface area contributed by atoms with E-state index < -0.39 is 0 Å². The van der Waals surface area contributed by atoms with Crippen LogP contribution in [-0.4, -0.2) is 68.6 Å². The van der Waals surface area contributed by atoms with Gasteiger partial charge in [-0.2, -0.15) is 0 Å². The van der Waals surface area contributed by atoms with E-state index in [1.54, 1.807) is 0 Å². The van der Waals surface area contributed by atoms with Crippen molar-refractivity contribution in [2.75, 3.05) is 52.9 Å². The summed E-state index contributed by atoms with van der Waals surface area (Å²) >= 11 is 0. The van der Waals surface area contributed by atoms with E-state index in [0.29, 0.717) is 5.92 Å².